The van der Waals surface area contributed by atoms with Gasteiger partial charge in [-0.1, -0.05) is 176 Å². The van der Waals surface area contributed by atoms with Gasteiger partial charge in [0, 0.05) is 6.42 Å². The quantitative estimate of drug-likeness (QED) is 0.0461. The zero-order chi connectivity index (χ0) is 35.7. The molecule has 2 unspecified atom stereocenters. The lowest BCUT2D eigenvalue weighted by molar-refractivity contribution is -0.123. The maximum absolute atomic E-state index is 12.4. The number of amides is 1. The molecule has 0 saturated heterocycles. The van der Waals surface area contributed by atoms with Crippen molar-refractivity contribution in [3.05, 3.63) is 85.1 Å². The van der Waals surface area contributed by atoms with Gasteiger partial charge in [0.15, 0.2) is 0 Å². The van der Waals surface area contributed by atoms with Gasteiger partial charge in [-0.25, -0.2) is 0 Å². The molecule has 0 aliphatic carbocycles. The highest BCUT2D eigenvalue weighted by atomic mass is 16.3. The second kappa shape index (κ2) is 40.0. The van der Waals surface area contributed by atoms with Crippen LogP contribution in [0.5, 0.6) is 0 Å². The van der Waals surface area contributed by atoms with Crippen molar-refractivity contribution < 1.29 is 15.0 Å². The largest absolute Gasteiger partial charge is 0.394 e. The molecule has 0 aromatic heterocycles. The summed E-state index contributed by atoms with van der Waals surface area (Å²) in [7, 11) is 0. The standard InChI is InChI=1S/C45H77NO3/c1-3-5-7-9-11-13-15-17-19-20-21-22-23-24-25-26-27-29-31-33-35-37-39-41-45(49)46-43(42-47)44(48)40-38-36-34-32-30-28-18-16-14-12-10-8-6-4-2/h5,7,11,13,17,19,21-22,24-25,30,32,38,40,43-44,47-48H,3-4,6,8-10,12,14-16,18,20,23,26-29,31,33-37,39,41-42H2,1-2H3,(H,46,49)/b7-5-,13-11-,19-17-,22-21-,25-24-,32-30+,40-38+. The number of aliphatic hydroxyl groups is 2. The van der Waals surface area contributed by atoms with Crippen LogP contribution in [0.1, 0.15) is 174 Å². The number of allylic oxidation sites excluding steroid dienone is 13. The SMILES string of the molecule is CC/C=C\C/C=C\C/C=C\C/C=C\C/C=C\CCCCCCCCCC(=O)NC(CO)C(O)/C=C/CC/C=C/CCCCCCCCCC. The number of nitrogens with one attached hydrogen (secondary N) is 1. The number of carbonyl (C=O) groups excluding carboxylic acids is 1. The van der Waals surface area contributed by atoms with Gasteiger partial charge in [0.05, 0.1) is 18.8 Å². The lowest BCUT2D eigenvalue weighted by Crippen LogP contribution is -2.45. The van der Waals surface area contributed by atoms with Gasteiger partial charge in [-0.2, -0.15) is 0 Å². The molecule has 0 fully saturated rings. The Morgan fingerprint density at radius 3 is 1.43 bits per heavy atom. The summed E-state index contributed by atoms with van der Waals surface area (Å²) in [5.41, 5.74) is 0. The first-order valence-corrected chi connectivity index (χ1v) is 20.3. The van der Waals surface area contributed by atoms with Crippen LogP contribution in [0.25, 0.3) is 0 Å². The molecule has 0 spiro atoms. The first kappa shape index (κ1) is 46.6. The van der Waals surface area contributed by atoms with Crippen molar-refractivity contribution in [1.82, 2.24) is 5.32 Å². The molecule has 0 aliphatic heterocycles. The van der Waals surface area contributed by atoms with Gasteiger partial charge in [0.25, 0.3) is 0 Å². The highest BCUT2D eigenvalue weighted by molar-refractivity contribution is 5.76. The predicted molar refractivity (Wildman–Crippen MR) is 216 cm³/mol. The van der Waals surface area contributed by atoms with Gasteiger partial charge in [-0.05, 0) is 77.0 Å². The molecule has 0 bridgehead atoms. The van der Waals surface area contributed by atoms with Gasteiger partial charge in [0.2, 0.25) is 5.91 Å². The van der Waals surface area contributed by atoms with E-state index in [1.165, 1.54) is 77.0 Å². The maximum Gasteiger partial charge on any atom is 0.220 e. The van der Waals surface area contributed by atoms with Crippen LogP contribution in [0.15, 0.2) is 85.1 Å². The molecular weight excluding hydrogens is 602 g/mol. The van der Waals surface area contributed by atoms with Crippen LogP contribution in [0, 0.1) is 0 Å². The molecule has 0 heterocycles. The number of aliphatic hydroxyl groups excluding tert-OH is 2. The van der Waals surface area contributed by atoms with E-state index in [2.05, 4.69) is 92.1 Å². The van der Waals surface area contributed by atoms with Crippen LogP contribution in [0.2, 0.25) is 0 Å². The molecule has 0 aromatic rings. The topological polar surface area (TPSA) is 69.6 Å². The smallest absolute Gasteiger partial charge is 0.220 e. The Morgan fingerprint density at radius 1 is 0.510 bits per heavy atom. The minimum atomic E-state index is -0.870. The first-order chi connectivity index (χ1) is 24.2. The monoisotopic (exact) mass is 680 g/mol. The average Bonchev–Trinajstić information content (AvgIpc) is 3.10. The molecule has 0 aliphatic rings. The number of hydrogen-bond donors (Lipinski definition) is 3. The second-order valence-electron chi connectivity index (χ2n) is 13.3. The third-order valence-corrected chi connectivity index (χ3v) is 8.61. The van der Waals surface area contributed by atoms with Crippen LogP contribution >= 0.6 is 0 Å². The minimum absolute atomic E-state index is 0.0903. The molecule has 4 nitrogen and oxygen atoms in total. The molecule has 0 saturated carbocycles. The molecule has 49 heavy (non-hydrogen) atoms. The number of carbonyl (C=O) groups is 1. The van der Waals surface area contributed by atoms with Crippen LogP contribution < -0.4 is 5.32 Å². The Kier molecular flexibility index (Phi) is 38.0. The Hall–Kier alpha value is -2.43. The van der Waals surface area contributed by atoms with E-state index in [9.17, 15) is 15.0 Å². The molecule has 3 N–H and O–H groups in total. The normalized spacial score (nSPS) is 14.0. The van der Waals surface area contributed by atoms with E-state index < -0.39 is 12.1 Å². The molecule has 1 amide bonds. The highest BCUT2D eigenvalue weighted by Crippen LogP contribution is 2.12. The Bertz CT molecular complexity index is 910. The van der Waals surface area contributed by atoms with Gasteiger partial charge >= 0.3 is 0 Å². The Balaban J connectivity index is 3.70. The lowest BCUT2D eigenvalue weighted by Gasteiger charge is -2.19. The second-order valence-corrected chi connectivity index (χ2v) is 13.3. The molecule has 0 aromatic carbocycles. The number of rotatable bonds is 35. The summed E-state index contributed by atoms with van der Waals surface area (Å²) >= 11 is 0. The van der Waals surface area contributed by atoms with Crippen LogP contribution in [0.3, 0.4) is 0 Å². The Labute approximate surface area is 303 Å². The highest BCUT2D eigenvalue weighted by Gasteiger charge is 2.17. The van der Waals surface area contributed by atoms with Gasteiger partial charge in [0.1, 0.15) is 0 Å². The summed E-state index contributed by atoms with van der Waals surface area (Å²) in [6, 6.07) is -0.649. The van der Waals surface area contributed by atoms with E-state index in [1.807, 2.05) is 6.08 Å². The fraction of sp³-hybridized carbons (Fsp3) is 0.667. The van der Waals surface area contributed by atoms with E-state index in [-0.39, 0.29) is 12.5 Å². The molecular formula is C45H77NO3. The first-order valence-electron chi connectivity index (χ1n) is 20.3. The zero-order valence-electron chi connectivity index (χ0n) is 31.9. The van der Waals surface area contributed by atoms with Crippen LogP contribution in [-0.2, 0) is 4.79 Å². The third kappa shape index (κ3) is 36.7. The summed E-state index contributed by atoms with van der Waals surface area (Å²) in [5.74, 6) is -0.0903. The van der Waals surface area contributed by atoms with Crippen molar-refractivity contribution in [3.63, 3.8) is 0 Å². The van der Waals surface area contributed by atoms with Crippen LogP contribution in [0.4, 0.5) is 0 Å². The summed E-state index contributed by atoms with van der Waals surface area (Å²) in [4.78, 5) is 12.4. The summed E-state index contributed by atoms with van der Waals surface area (Å²) in [6.45, 7) is 4.15. The van der Waals surface area contributed by atoms with Crippen molar-refractivity contribution in [2.24, 2.45) is 0 Å². The van der Waals surface area contributed by atoms with E-state index >= 15 is 0 Å². The van der Waals surface area contributed by atoms with E-state index in [0.29, 0.717) is 6.42 Å². The average molecular weight is 680 g/mol. The van der Waals surface area contributed by atoms with Gasteiger partial charge in [-0.15, -0.1) is 0 Å². The van der Waals surface area contributed by atoms with Crippen molar-refractivity contribution >= 4 is 5.91 Å². The predicted octanol–water partition coefficient (Wildman–Crippen LogP) is 12.5. The van der Waals surface area contributed by atoms with Crippen LogP contribution in [-0.4, -0.2) is 34.9 Å². The Morgan fingerprint density at radius 2 is 0.918 bits per heavy atom. The van der Waals surface area contributed by atoms with Crippen molar-refractivity contribution in [3.8, 4) is 0 Å². The molecule has 4 heteroatoms. The fourth-order valence-corrected chi connectivity index (χ4v) is 5.51. The fourth-order valence-electron chi connectivity index (χ4n) is 5.51. The van der Waals surface area contributed by atoms with E-state index in [0.717, 1.165) is 77.0 Å². The van der Waals surface area contributed by atoms with Gasteiger partial charge in [-0.3, -0.25) is 4.79 Å². The van der Waals surface area contributed by atoms with Crippen molar-refractivity contribution in [2.45, 2.75) is 187 Å². The van der Waals surface area contributed by atoms with Crippen molar-refractivity contribution in [2.75, 3.05) is 6.61 Å². The lowest BCUT2D eigenvalue weighted by atomic mass is 10.1. The van der Waals surface area contributed by atoms with Crippen molar-refractivity contribution in [1.29, 1.82) is 0 Å². The van der Waals surface area contributed by atoms with Gasteiger partial charge < -0.3 is 15.5 Å². The van der Waals surface area contributed by atoms with E-state index in [1.54, 1.807) is 6.08 Å². The summed E-state index contributed by atoms with van der Waals surface area (Å²) in [5, 5.41) is 22.9. The number of unbranched alkanes of at least 4 members (excludes halogenated alkanes) is 16. The summed E-state index contributed by atoms with van der Waals surface area (Å²) < 4.78 is 0. The number of hydrogen-bond acceptors (Lipinski definition) is 3. The molecule has 0 rings (SSSR count). The van der Waals surface area contributed by atoms with E-state index in [4.69, 9.17) is 0 Å². The maximum atomic E-state index is 12.4. The molecule has 2 atom stereocenters. The molecule has 280 valence electrons. The minimum Gasteiger partial charge on any atom is -0.394 e. The molecule has 0 radical (unpaired) electrons. The summed E-state index contributed by atoms with van der Waals surface area (Å²) in [6.07, 6.45) is 58.2. The third-order valence-electron chi connectivity index (χ3n) is 8.61. The zero-order valence-corrected chi connectivity index (χ0v) is 31.9.